The van der Waals surface area contributed by atoms with Gasteiger partial charge in [0.25, 0.3) is 0 Å². The molecule has 0 atom stereocenters. The van der Waals surface area contributed by atoms with Crippen LogP contribution in [0.2, 0.25) is 0 Å². The fraction of sp³-hybridized carbons (Fsp3) is 0.308. The third-order valence-electron chi connectivity index (χ3n) is 5.91. The number of carbonyl (C=O) groups is 2. The summed E-state index contributed by atoms with van der Waals surface area (Å²) in [4.78, 5) is 29.2. The number of nitrogens with zero attached hydrogens (tertiary/aromatic N) is 2. The number of carbonyl (C=O) groups excluding carboxylic acids is 2. The number of amides is 2. The summed E-state index contributed by atoms with van der Waals surface area (Å²) in [5.41, 5.74) is 2.34. The van der Waals surface area contributed by atoms with Gasteiger partial charge in [-0.2, -0.15) is 0 Å². The molecule has 0 radical (unpaired) electrons. The van der Waals surface area contributed by atoms with E-state index in [2.05, 4.69) is 30.3 Å². The molecule has 0 unspecified atom stereocenters. The predicted molar refractivity (Wildman–Crippen MR) is 120 cm³/mol. The monoisotopic (exact) mass is 400 g/mol. The molecule has 3 aromatic carbocycles. The summed E-state index contributed by atoms with van der Waals surface area (Å²) in [5, 5.41) is 2.30. The second-order valence-electron chi connectivity index (χ2n) is 7.92. The zero-order valence-corrected chi connectivity index (χ0v) is 17.3. The van der Waals surface area contributed by atoms with Crippen molar-refractivity contribution in [2.45, 2.75) is 25.7 Å². The van der Waals surface area contributed by atoms with Crippen molar-refractivity contribution in [2.75, 3.05) is 26.2 Å². The molecule has 4 nitrogen and oxygen atoms in total. The number of aryl methyl sites for hydroxylation is 1. The standard InChI is InChI=1S/C26H28N2O2/c29-25(15-6-10-21-8-2-1-3-9-21)27-16-18-28(19-17-27)26(30)20-23-13-7-12-22-11-4-5-14-24(22)23/h1-5,7-9,11-14H,6,10,15-20H2. The summed E-state index contributed by atoms with van der Waals surface area (Å²) in [6, 6.07) is 24.6. The topological polar surface area (TPSA) is 40.6 Å². The number of rotatable bonds is 6. The minimum atomic E-state index is 0.141. The molecule has 1 aliphatic heterocycles. The van der Waals surface area contributed by atoms with Crippen molar-refractivity contribution in [3.8, 4) is 0 Å². The van der Waals surface area contributed by atoms with E-state index in [0.29, 0.717) is 39.0 Å². The van der Waals surface area contributed by atoms with Crippen molar-refractivity contribution in [2.24, 2.45) is 0 Å². The third-order valence-corrected chi connectivity index (χ3v) is 5.91. The highest BCUT2D eigenvalue weighted by molar-refractivity contribution is 5.90. The summed E-state index contributed by atoms with van der Waals surface area (Å²) in [7, 11) is 0. The maximum Gasteiger partial charge on any atom is 0.227 e. The van der Waals surface area contributed by atoms with Gasteiger partial charge in [-0.3, -0.25) is 9.59 Å². The second kappa shape index (κ2) is 9.57. The van der Waals surface area contributed by atoms with Crippen LogP contribution in [0.15, 0.2) is 72.8 Å². The average molecular weight is 401 g/mol. The molecule has 1 aliphatic rings. The Morgan fingerprint density at radius 3 is 2.10 bits per heavy atom. The van der Waals surface area contributed by atoms with Crippen LogP contribution >= 0.6 is 0 Å². The molecule has 1 heterocycles. The smallest absolute Gasteiger partial charge is 0.227 e. The van der Waals surface area contributed by atoms with Crippen LogP contribution in [0.4, 0.5) is 0 Å². The van der Waals surface area contributed by atoms with Crippen molar-refractivity contribution >= 4 is 22.6 Å². The summed E-state index contributed by atoms with van der Waals surface area (Å²) < 4.78 is 0. The van der Waals surface area contributed by atoms with Crippen LogP contribution in [-0.4, -0.2) is 47.8 Å². The van der Waals surface area contributed by atoms with Crippen molar-refractivity contribution < 1.29 is 9.59 Å². The van der Waals surface area contributed by atoms with E-state index >= 15 is 0 Å². The summed E-state index contributed by atoms with van der Waals surface area (Å²) >= 11 is 0. The Labute approximate surface area is 178 Å². The van der Waals surface area contributed by atoms with Gasteiger partial charge < -0.3 is 9.80 Å². The molecule has 1 saturated heterocycles. The maximum absolute atomic E-state index is 12.8. The van der Waals surface area contributed by atoms with Gasteiger partial charge in [0.2, 0.25) is 11.8 Å². The van der Waals surface area contributed by atoms with Gasteiger partial charge in [-0.1, -0.05) is 72.8 Å². The Kier molecular flexibility index (Phi) is 6.43. The summed E-state index contributed by atoms with van der Waals surface area (Å²) in [5.74, 6) is 0.342. The van der Waals surface area contributed by atoms with Gasteiger partial charge in [-0.25, -0.2) is 0 Å². The van der Waals surface area contributed by atoms with Gasteiger partial charge >= 0.3 is 0 Å². The largest absolute Gasteiger partial charge is 0.339 e. The molecule has 0 N–H and O–H groups in total. The van der Waals surface area contributed by atoms with Crippen molar-refractivity contribution in [1.29, 1.82) is 0 Å². The summed E-state index contributed by atoms with van der Waals surface area (Å²) in [6.45, 7) is 2.50. The molecule has 4 rings (SSSR count). The van der Waals surface area contributed by atoms with E-state index in [0.717, 1.165) is 29.2 Å². The van der Waals surface area contributed by atoms with Crippen LogP contribution in [0.5, 0.6) is 0 Å². The molecule has 30 heavy (non-hydrogen) atoms. The SMILES string of the molecule is O=C(CCCc1ccccc1)N1CCN(C(=O)Cc2cccc3ccccc23)CC1. The Balaban J connectivity index is 1.25. The van der Waals surface area contributed by atoms with Gasteiger partial charge in [0.05, 0.1) is 6.42 Å². The zero-order valence-electron chi connectivity index (χ0n) is 17.3. The highest BCUT2D eigenvalue weighted by Crippen LogP contribution is 2.20. The molecule has 0 spiro atoms. The number of hydrogen-bond acceptors (Lipinski definition) is 2. The lowest BCUT2D eigenvalue weighted by molar-refractivity contribution is -0.139. The first-order valence-corrected chi connectivity index (χ1v) is 10.8. The molecule has 0 saturated carbocycles. The van der Waals surface area contributed by atoms with E-state index in [-0.39, 0.29) is 11.8 Å². The molecule has 0 bridgehead atoms. The highest BCUT2D eigenvalue weighted by atomic mass is 16.2. The molecule has 3 aromatic rings. The minimum absolute atomic E-state index is 0.141. The van der Waals surface area contributed by atoms with Gasteiger partial charge in [-0.05, 0) is 34.7 Å². The molecule has 2 amide bonds. The van der Waals surface area contributed by atoms with Gasteiger partial charge in [0, 0.05) is 32.6 Å². The molecular weight excluding hydrogens is 372 g/mol. The second-order valence-corrected chi connectivity index (χ2v) is 7.92. The first-order chi connectivity index (χ1) is 14.7. The summed E-state index contributed by atoms with van der Waals surface area (Å²) in [6.07, 6.45) is 2.77. The van der Waals surface area contributed by atoms with Crippen LogP contribution in [0.3, 0.4) is 0 Å². The Morgan fingerprint density at radius 2 is 1.33 bits per heavy atom. The minimum Gasteiger partial charge on any atom is -0.339 e. The fourth-order valence-electron chi connectivity index (χ4n) is 4.17. The van der Waals surface area contributed by atoms with Crippen LogP contribution < -0.4 is 0 Å². The van der Waals surface area contributed by atoms with E-state index < -0.39 is 0 Å². The van der Waals surface area contributed by atoms with Crippen LogP contribution in [0.1, 0.15) is 24.0 Å². The van der Waals surface area contributed by atoms with Crippen LogP contribution in [-0.2, 0) is 22.4 Å². The average Bonchev–Trinajstić information content (AvgIpc) is 2.80. The normalized spacial score (nSPS) is 14.1. The highest BCUT2D eigenvalue weighted by Gasteiger charge is 2.24. The number of benzene rings is 3. The van der Waals surface area contributed by atoms with E-state index in [1.165, 1.54) is 5.56 Å². The molecular formula is C26H28N2O2. The molecule has 0 aromatic heterocycles. The van der Waals surface area contributed by atoms with Crippen molar-refractivity contribution in [3.63, 3.8) is 0 Å². The lowest BCUT2D eigenvalue weighted by Crippen LogP contribution is -2.51. The first-order valence-electron chi connectivity index (χ1n) is 10.8. The Morgan fingerprint density at radius 1 is 0.700 bits per heavy atom. The van der Waals surface area contributed by atoms with E-state index in [1.807, 2.05) is 52.3 Å². The Hall–Kier alpha value is -3.14. The fourth-order valence-corrected chi connectivity index (χ4v) is 4.17. The van der Waals surface area contributed by atoms with Crippen LogP contribution in [0, 0.1) is 0 Å². The maximum atomic E-state index is 12.8. The Bertz CT molecular complexity index is 1000. The van der Waals surface area contributed by atoms with E-state index in [4.69, 9.17) is 0 Å². The lowest BCUT2D eigenvalue weighted by Gasteiger charge is -2.35. The molecule has 154 valence electrons. The zero-order chi connectivity index (χ0) is 20.8. The quantitative estimate of drug-likeness (QED) is 0.626. The number of piperazine rings is 1. The third kappa shape index (κ3) is 4.88. The van der Waals surface area contributed by atoms with Crippen molar-refractivity contribution in [1.82, 2.24) is 9.80 Å². The van der Waals surface area contributed by atoms with Crippen LogP contribution in [0.25, 0.3) is 10.8 Å². The number of hydrogen-bond donors (Lipinski definition) is 0. The molecule has 0 aliphatic carbocycles. The van der Waals surface area contributed by atoms with Gasteiger partial charge in [0.15, 0.2) is 0 Å². The van der Waals surface area contributed by atoms with E-state index in [1.54, 1.807) is 0 Å². The lowest BCUT2D eigenvalue weighted by atomic mass is 10.0. The molecule has 1 fully saturated rings. The predicted octanol–water partition coefficient (Wildman–Crippen LogP) is 4.08. The number of fused-ring (bicyclic) bond motifs is 1. The first kappa shape index (κ1) is 20.1. The molecule has 4 heteroatoms. The van der Waals surface area contributed by atoms with Gasteiger partial charge in [-0.15, -0.1) is 0 Å². The van der Waals surface area contributed by atoms with Crippen molar-refractivity contribution in [3.05, 3.63) is 83.9 Å². The van der Waals surface area contributed by atoms with E-state index in [9.17, 15) is 9.59 Å². The van der Waals surface area contributed by atoms with Gasteiger partial charge in [0.1, 0.15) is 0 Å².